The fourth-order valence-electron chi connectivity index (χ4n) is 7.73. The molecule has 3 heterocycles. The van der Waals surface area contributed by atoms with Crippen molar-refractivity contribution in [1.82, 2.24) is 19.6 Å². The zero-order chi connectivity index (χ0) is 30.7. The predicted molar refractivity (Wildman–Crippen MR) is 170 cm³/mol. The Morgan fingerprint density at radius 1 is 1.02 bits per heavy atom. The van der Waals surface area contributed by atoms with Gasteiger partial charge in [0.05, 0.1) is 4.47 Å². The van der Waals surface area contributed by atoms with Crippen molar-refractivity contribution in [2.45, 2.75) is 75.7 Å². The quantitative estimate of drug-likeness (QED) is 0.392. The number of para-hydroxylation sites is 1. The molecular weight excluding hydrogens is 626 g/mol. The molecule has 3 amide bonds. The number of ether oxygens (including phenoxy) is 1. The van der Waals surface area contributed by atoms with Crippen LogP contribution in [-0.4, -0.2) is 100 Å². The highest BCUT2D eigenvalue weighted by atomic mass is 79.9. The van der Waals surface area contributed by atoms with Crippen LogP contribution in [0.25, 0.3) is 0 Å². The smallest absolute Gasteiger partial charge is 0.411 e. The molecule has 2 saturated heterocycles. The molecule has 1 saturated carbocycles. The number of benzene rings is 2. The van der Waals surface area contributed by atoms with Crippen molar-refractivity contribution in [2.75, 3.05) is 44.6 Å². The molecule has 6 rings (SSSR count). The molecule has 0 bridgehead atoms. The molecular formula is C33H42BrN5O5. The Morgan fingerprint density at radius 3 is 2.55 bits per heavy atom. The van der Waals surface area contributed by atoms with Gasteiger partial charge in [0.1, 0.15) is 24.3 Å². The molecule has 4 aliphatic rings. The monoisotopic (exact) mass is 667 g/mol. The number of hydrogen-bond donors (Lipinski definition) is 2. The van der Waals surface area contributed by atoms with Crippen LogP contribution in [0, 0.1) is 0 Å². The Kier molecular flexibility index (Phi) is 9.44. The number of carbonyl (C=O) groups is 3. The highest BCUT2D eigenvalue weighted by molar-refractivity contribution is 9.10. The zero-order valence-corrected chi connectivity index (χ0v) is 26.7. The van der Waals surface area contributed by atoms with Gasteiger partial charge >= 0.3 is 12.1 Å². The summed E-state index contributed by atoms with van der Waals surface area (Å²) in [6.45, 7) is 4.24. The first-order valence-corrected chi connectivity index (χ1v) is 16.7. The second kappa shape index (κ2) is 13.5. The number of amides is 3. The summed E-state index contributed by atoms with van der Waals surface area (Å²) >= 11 is 3.33. The van der Waals surface area contributed by atoms with Crippen LogP contribution in [-0.2, 0) is 22.6 Å². The summed E-state index contributed by atoms with van der Waals surface area (Å²) in [6.07, 6.45) is 7.41. The molecule has 2 aromatic carbocycles. The predicted octanol–water partition coefficient (Wildman–Crippen LogP) is 5.19. The van der Waals surface area contributed by atoms with E-state index in [2.05, 4.69) is 31.0 Å². The van der Waals surface area contributed by atoms with E-state index >= 15 is 0 Å². The summed E-state index contributed by atoms with van der Waals surface area (Å²) in [4.78, 5) is 48.4. The van der Waals surface area contributed by atoms with E-state index in [9.17, 15) is 19.5 Å². The fourth-order valence-corrected chi connectivity index (χ4v) is 8.16. The number of piperidine rings is 1. The van der Waals surface area contributed by atoms with Gasteiger partial charge in [0.25, 0.3) is 0 Å². The number of likely N-dealkylation sites (tertiary alicyclic amines) is 1. The molecule has 11 heteroatoms. The van der Waals surface area contributed by atoms with Crippen LogP contribution in [0.4, 0.5) is 15.3 Å². The summed E-state index contributed by atoms with van der Waals surface area (Å²) in [5.74, 6) is 0.115. The van der Waals surface area contributed by atoms with Crippen LogP contribution in [0.5, 0.6) is 5.75 Å². The molecule has 2 atom stereocenters. The molecule has 3 fully saturated rings. The minimum atomic E-state index is -0.904. The van der Waals surface area contributed by atoms with E-state index in [4.69, 9.17) is 4.74 Å². The second-order valence-corrected chi connectivity index (χ2v) is 13.3. The summed E-state index contributed by atoms with van der Waals surface area (Å²) in [5.41, 5.74) is 1.78. The van der Waals surface area contributed by atoms with Crippen LogP contribution in [0.2, 0.25) is 0 Å². The Balaban J connectivity index is 1.24. The number of halogens is 1. The first-order valence-electron chi connectivity index (χ1n) is 15.9. The van der Waals surface area contributed by atoms with Crippen LogP contribution < -0.4 is 5.32 Å². The third-order valence-electron chi connectivity index (χ3n) is 10.1. The first-order chi connectivity index (χ1) is 21.4. The van der Waals surface area contributed by atoms with Crippen molar-refractivity contribution >= 4 is 40.0 Å². The van der Waals surface area contributed by atoms with Crippen molar-refractivity contribution in [3.05, 3.63) is 58.1 Å². The second-order valence-electron chi connectivity index (χ2n) is 12.5. The highest BCUT2D eigenvalue weighted by Gasteiger charge is 2.52. The number of hydrogen-bond acceptors (Lipinski definition) is 7. The fraction of sp³-hybridized carbons (Fsp3) is 0.545. The van der Waals surface area contributed by atoms with E-state index in [0.717, 1.165) is 55.7 Å². The van der Waals surface area contributed by atoms with Gasteiger partial charge in [0.2, 0.25) is 0 Å². The standard InChI is InChI=1S/C33H42BrN5O5/c34-28-21-24(9-10-30(28)41)23-44-32(43)39-15-12-27(38-14-11-25-5-1-4-8-29(25)35-31(38)42)22-33(39,13-20-40)37-18-16-36(17-19-37)26-6-2-3-7-26/h1,4-5,8-10,20-21,26-27,41H,2-3,6-7,11-19,22-23H2,(H,35,42)/t27-,33+/m1/s1. The molecule has 10 nitrogen and oxygen atoms in total. The third kappa shape index (κ3) is 6.32. The van der Waals surface area contributed by atoms with Gasteiger partial charge in [0.15, 0.2) is 0 Å². The first kappa shape index (κ1) is 30.9. The van der Waals surface area contributed by atoms with Crippen LogP contribution in [0.3, 0.4) is 0 Å². The van der Waals surface area contributed by atoms with E-state index in [0.29, 0.717) is 36.4 Å². The summed E-state index contributed by atoms with van der Waals surface area (Å²) in [6, 6.07) is 13.2. The molecule has 0 unspecified atom stereocenters. The van der Waals surface area contributed by atoms with Gasteiger partial charge in [-0.1, -0.05) is 37.1 Å². The van der Waals surface area contributed by atoms with Crippen LogP contribution >= 0.6 is 15.9 Å². The lowest BCUT2D eigenvalue weighted by molar-refractivity contribution is -0.130. The van der Waals surface area contributed by atoms with Gasteiger partial charge in [-0.3, -0.25) is 14.7 Å². The molecule has 2 aromatic rings. The maximum absolute atomic E-state index is 13.9. The number of nitrogens with one attached hydrogen (secondary N) is 1. The summed E-state index contributed by atoms with van der Waals surface area (Å²) in [7, 11) is 0. The van der Waals surface area contributed by atoms with E-state index in [-0.39, 0.29) is 30.9 Å². The van der Waals surface area contributed by atoms with Gasteiger partial charge < -0.3 is 24.9 Å². The number of aromatic hydroxyl groups is 1. The number of phenols is 1. The lowest BCUT2D eigenvalue weighted by atomic mass is 9.85. The maximum atomic E-state index is 13.9. The van der Waals surface area contributed by atoms with Crippen LogP contribution in [0.15, 0.2) is 46.9 Å². The normalized spacial score (nSPS) is 25.3. The Hall–Kier alpha value is -3.15. The van der Waals surface area contributed by atoms with Crippen molar-refractivity contribution in [3.63, 3.8) is 0 Å². The molecule has 2 N–H and O–H groups in total. The van der Waals surface area contributed by atoms with Crippen molar-refractivity contribution in [3.8, 4) is 5.75 Å². The summed E-state index contributed by atoms with van der Waals surface area (Å²) < 4.78 is 6.39. The lowest BCUT2D eigenvalue weighted by Gasteiger charge is -2.57. The average Bonchev–Trinajstić information content (AvgIpc) is 3.52. The molecule has 44 heavy (non-hydrogen) atoms. The third-order valence-corrected chi connectivity index (χ3v) is 10.7. The molecule has 0 spiro atoms. The van der Waals surface area contributed by atoms with Crippen molar-refractivity contribution in [1.29, 1.82) is 0 Å². The molecule has 236 valence electrons. The van der Waals surface area contributed by atoms with Crippen molar-refractivity contribution < 1.29 is 24.2 Å². The zero-order valence-electron chi connectivity index (χ0n) is 25.1. The Bertz CT molecular complexity index is 1360. The van der Waals surface area contributed by atoms with E-state index < -0.39 is 11.8 Å². The maximum Gasteiger partial charge on any atom is 0.411 e. The number of aldehydes is 1. The molecule has 1 aliphatic carbocycles. The largest absolute Gasteiger partial charge is 0.507 e. The SMILES string of the molecule is O=CC[C@@]1(N2CCN(C3CCCC3)CC2)C[C@H](N2CCc3ccccc3NC2=O)CCN1C(=O)OCc1ccc(O)c(Br)c1. The average molecular weight is 669 g/mol. The number of rotatable bonds is 7. The lowest BCUT2D eigenvalue weighted by Crippen LogP contribution is -2.71. The number of carbonyl (C=O) groups excluding carboxylic acids is 3. The van der Waals surface area contributed by atoms with Crippen molar-refractivity contribution in [2.24, 2.45) is 0 Å². The number of urea groups is 1. The number of nitrogens with zero attached hydrogens (tertiary/aromatic N) is 4. The van der Waals surface area contributed by atoms with Gasteiger partial charge in [-0.25, -0.2) is 9.59 Å². The number of piperazine rings is 1. The van der Waals surface area contributed by atoms with Gasteiger partial charge in [-0.05, 0) is 70.9 Å². The molecule has 0 radical (unpaired) electrons. The Morgan fingerprint density at radius 2 is 1.80 bits per heavy atom. The van der Waals surface area contributed by atoms with Gasteiger partial charge in [-0.2, -0.15) is 0 Å². The van der Waals surface area contributed by atoms with E-state index in [1.54, 1.807) is 23.1 Å². The van der Waals surface area contributed by atoms with Gasteiger partial charge in [-0.15, -0.1) is 0 Å². The summed E-state index contributed by atoms with van der Waals surface area (Å²) in [5, 5.41) is 13.0. The van der Waals surface area contributed by atoms with Gasteiger partial charge in [0, 0.05) is 69.9 Å². The van der Waals surface area contributed by atoms with E-state index in [1.165, 1.54) is 25.7 Å². The Labute approximate surface area is 267 Å². The minimum Gasteiger partial charge on any atom is -0.507 e. The topological polar surface area (TPSA) is 106 Å². The number of fused-ring (bicyclic) bond motifs is 1. The number of anilines is 1. The molecule has 3 aliphatic heterocycles. The minimum absolute atomic E-state index is 0.0387. The van der Waals surface area contributed by atoms with Crippen LogP contribution in [0.1, 0.15) is 56.1 Å². The highest BCUT2D eigenvalue weighted by Crippen LogP contribution is 2.39. The van der Waals surface area contributed by atoms with E-state index in [1.807, 2.05) is 29.2 Å². The number of phenolic OH excluding ortho intramolecular Hbond substituents is 1. The molecule has 0 aromatic heterocycles.